The first-order valence-electron chi connectivity index (χ1n) is 4.05. The summed E-state index contributed by atoms with van der Waals surface area (Å²) in [5.41, 5.74) is -0.0795. The molecule has 0 aromatic heterocycles. The first-order valence-corrected chi connectivity index (χ1v) is 4.05. The molecule has 0 spiro atoms. The Labute approximate surface area is 68.2 Å². The highest BCUT2D eigenvalue weighted by Gasteiger charge is 2.62. The quantitative estimate of drug-likeness (QED) is 0.541. The Morgan fingerprint density at radius 1 is 1.55 bits per heavy atom. The van der Waals surface area contributed by atoms with Gasteiger partial charge in [-0.1, -0.05) is 27.7 Å². The molecule has 0 aromatic rings. The van der Waals surface area contributed by atoms with Crippen LogP contribution in [-0.4, -0.2) is 11.7 Å². The highest BCUT2D eigenvalue weighted by atomic mass is 16.6. The summed E-state index contributed by atoms with van der Waals surface area (Å²) < 4.78 is 5.41. The molecule has 0 bridgehead atoms. The Hall–Kier alpha value is -0.550. The van der Waals surface area contributed by atoms with Crippen molar-refractivity contribution in [2.75, 3.05) is 0 Å². The second kappa shape index (κ2) is 2.22. The molecule has 1 heterocycles. The molecule has 1 aliphatic heterocycles. The van der Waals surface area contributed by atoms with E-state index in [2.05, 4.69) is 33.8 Å². The van der Waals surface area contributed by atoms with E-state index in [1.807, 2.05) is 0 Å². The van der Waals surface area contributed by atoms with Crippen LogP contribution >= 0.6 is 0 Å². The number of hydrogen-bond donors (Lipinski definition) is 0. The van der Waals surface area contributed by atoms with Gasteiger partial charge in [0.15, 0.2) is 6.10 Å². The Morgan fingerprint density at radius 2 is 2.09 bits per heavy atom. The molecular weight excluding hydrogens is 138 g/mol. The summed E-state index contributed by atoms with van der Waals surface area (Å²) in [6.07, 6.45) is 0.752. The van der Waals surface area contributed by atoms with Gasteiger partial charge in [0.25, 0.3) is 0 Å². The Bertz CT molecular complexity index is 199. The maximum Gasteiger partial charge on any atom is 0.174 e. The van der Waals surface area contributed by atoms with Crippen LogP contribution in [0.25, 0.3) is 0 Å². The molecule has 2 nitrogen and oxygen atoms in total. The smallest absolute Gasteiger partial charge is 0.174 e. The third-order valence-electron chi connectivity index (χ3n) is 2.61. The molecule has 1 rings (SSSR count). The van der Waals surface area contributed by atoms with Crippen molar-refractivity contribution >= 4 is 0 Å². The summed E-state index contributed by atoms with van der Waals surface area (Å²) in [5.74, 6) is 0. The monoisotopic (exact) mass is 153 g/mol. The highest BCUT2D eigenvalue weighted by molar-refractivity contribution is 5.18. The third kappa shape index (κ3) is 1.04. The van der Waals surface area contributed by atoms with Crippen LogP contribution in [0.15, 0.2) is 0 Å². The van der Waals surface area contributed by atoms with Crippen LogP contribution in [0.5, 0.6) is 0 Å². The molecule has 0 radical (unpaired) electrons. The summed E-state index contributed by atoms with van der Waals surface area (Å²) in [5, 5.41) is 8.66. The van der Waals surface area contributed by atoms with Gasteiger partial charge in [0.2, 0.25) is 0 Å². The minimum Gasteiger partial charge on any atom is -0.349 e. The van der Waals surface area contributed by atoms with E-state index in [9.17, 15) is 0 Å². The fourth-order valence-electron chi connectivity index (χ4n) is 1.68. The molecule has 2 unspecified atom stereocenters. The van der Waals surface area contributed by atoms with Gasteiger partial charge in [-0.3, -0.25) is 0 Å². The molecule has 0 aliphatic carbocycles. The van der Waals surface area contributed by atoms with E-state index < -0.39 is 0 Å². The van der Waals surface area contributed by atoms with Gasteiger partial charge in [0.05, 0.1) is 6.07 Å². The maximum absolute atomic E-state index is 8.66. The molecule has 1 aliphatic rings. The van der Waals surface area contributed by atoms with Crippen LogP contribution in [0.2, 0.25) is 0 Å². The summed E-state index contributed by atoms with van der Waals surface area (Å²) >= 11 is 0. The van der Waals surface area contributed by atoms with E-state index in [0.717, 1.165) is 6.42 Å². The van der Waals surface area contributed by atoms with Gasteiger partial charge in [0, 0.05) is 0 Å². The first kappa shape index (κ1) is 8.55. The minimum atomic E-state index is -0.174. The molecule has 2 atom stereocenters. The normalized spacial score (nSPS) is 36.5. The lowest BCUT2D eigenvalue weighted by atomic mass is 9.77. The van der Waals surface area contributed by atoms with Crippen LogP contribution in [0.4, 0.5) is 0 Å². The summed E-state index contributed by atoms with van der Waals surface area (Å²) in [4.78, 5) is 0. The van der Waals surface area contributed by atoms with Crippen LogP contribution in [0.3, 0.4) is 0 Å². The van der Waals surface area contributed by atoms with Gasteiger partial charge < -0.3 is 4.74 Å². The van der Waals surface area contributed by atoms with Crippen molar-refractivity contribution in [2.45, 2.75) is 45.8 Å². The SMILES string of the molecule is CCC1(C(C)(C)C)OC1C#N. The van der Waals surface area contributed by atoms with E-state index in [0.29, 0.717) is 0 Å². The lowest BCUT2D eigenvalue weighted by Crippen LogP contribution is -2.31. The van der Waals surface area contributed by atoms with Gasteiger partial charge in [0.1, 0.15) is 5.60 Å². The van der Waals surface area contributed by atoms with Crippen molar-refractivity contribution in [3.8, 4) is 6.07 Å². The van der Waals surface area contributed by atoms with Gasteiger partial charge in [-0.2, -0.15) is 5.26 Å². The third-order valence-corrected chi connectivity index (χ3v) is 2.61. The van der Waals surface area contributed by atoms with Crippen molar-refractivity contribution < 1.29 is 4.74 Å². The average molecular weight is 153 g/mol. The molecule has 0 aromatic carbocycles. The number of rotatable bonds is 1. The second-order valence-corrected chi connectivity index (χ2v) is 4.12. The second-order valence-electron chi connectivity index (χ2n) is 4.12. The van der Waals surface area contributed by atoms with Crippen molar-refractivity contribution in [3.63, 3.8) is 0 Å². The van der Waals surface area contributed by atoms with E-state index in [1.165, 1.54) is 0 Å². The zero-order valence-corrected chi connectivity index (χ0v) is 7.64. The minimum absolute atomic E-state index is 0.0855. The van der Waals surface area contributed by atoms with Crippen LogP contribution in [-0.2, 0) is 4.74 Å². The molecule has 11 heavy (non-hydrogen) atoms. The average Bonchev–Trinajstić information content (AvgIpc) is 2.60. The zero-order chi connectivity index (χ0) is 8.70. The fourth-order valence-corrected chi connectivity index (χ4v) is 1.68. The molecule has 0 saturated carbocycles. The predicted molar refractivity (Wildman–Crippen MR) is 43.0 cm³/mol. The van der Waals surface area contributed by atoms with Gasteiger partial charge >= 0.3 is 0 Å². The molecule has 1 fully saturated rings. The number of nitrogens with zero attached hydrogens (tertiary/aromatic N) is 1. The fraction of sp³-hybridized carbons (Fsp3) is 0.889. The topological polar surface area (TPSA) is 36.3 Å². The van der Waals surface area contributed by atoms with Crippen LogP contribution < -0.4 is 0 Å². The van der Waals surface area contributed by atoms with Crippen molar-refractivity contribution in [1.82, 2.24) is 0 Å². The van der Waals surface area contributed by atoms with Crippen molar-refractivity contribution in [2.24, 2.45) is 5.41 Å². The standard InChI is InChI=1S/C9H15NO/c1-5-9(8(2,3)4)7(6-10)11-9/h7H,5H2,1-4H3. The molecular formula is C9H15NO. The van der Waals surface area contributed by atoms with Crippen molar-refractivity contribution in [3.05, 3.63) is 0 Å². The first-order chi connectivity index (χ1) is 4.98. The largest absolute Gasteiger partial charge is 0.349 e. The number of hydrogen-bond acceptors (Lipinski definition) is 2. The summed E-state index contributed by atoms with van der Waals surface area (Å²) in [6, 6.07) is 2.17. The van der Waals surface area contributed by atoms with Crippen LogP contribution in [0.1, 0.15) is 34.1 Å². The maximum atomic E-state index is 8.66. The number of nitriles is 1. The number of epoxide rings is 1. The van der Waals surface area contributed by atoms with Gasteiger partial charge in [-0.25, -0.2) is 0 Å². The van der Waals surface area contributed by atoms with E-state index in [4.69, 9.17) is 10.00 Å². The van der Waals surface area contributed by atoms with Crippen LogP contribution in [0, 0.1) is 16.7 Å². The molecule has 1 saturated heterocycles. The lowest BCUT2D eigenvalue weighted by Gasteiger charge is -2.26. The molecule has 0 N–H and O–H groups in total. The Balaban J connectivity index is 2.77. The zero-order valence-electron chi connectivity index (χ0n) is 7.64. The van der Waals surface area contributed by atoms with Gasteiger partial charge in [-0.05, 0) is 11.8 Å². The van der Waals surface area contributed by atoms with Gasteiger partial charge in [-0.15, -0.1) is 0 Å². The molecule has 2 heteroatoms. The summed E-state index contributed by atoms with van der Waals surface area (Å²) in [6.45, 7) is 8.43. The Kier molecular flexibility index (Phi) is 1.72. The molecule has 62 valence electrons. The predicted octanol–water partition coefficient (Wildman–Crippen LogP) is 2.10. The van der Waals surface area contributed by atoms with E-state index >= 15 is 0 Å². The summed E-state index contributed by atoms with van der Waals surface area (Å²) in [7, 11) is 0. The van der Waals surface area contributed by atoms with E-state index in [-0.39, 0.29) is 17.1 Å². The highest BCUT2D eigenvalue weighted by Crippen LogP contribution is 2.52. The van der Waals surface area contributed by atoms with Crippen molar-refractivity contribution in [1.29, 1.82) is 5.26 Å². The molecule has 0 amide bonds. The van der Waals surface area contributed by atoms with E-state index in [1.54, 1.807) is 0 Å². The number of ether oxygens (including phenoxy) is 1. The lowest BCUT2D eigenvalue weighted by molar-refractivity contribution is 0.150. The Morgan fingerprint density at radius 3 is 2.18 bits per heavy atom.